The molecule has 0 aliphatic rings. The van der Waals surface area contributed by atoms with E-state index in [1.807, 2.05) is 12.1 Å². The Balaban J connectivity index is 2.54. The number of hydrogen-bond acceptors (Lipinski definition) is 3. The molecule has 0 fully saturated rings. The summed E-state index contributed by atoms with van der Waals surface area (Å²) in [5.41, 5.74) is 0.897. The quantitative estimate of drug-likeness (QED) is 0.825. The lowest BCUT2D eigenvalue weighted by molar-refractivity contribution is 0.256. The molecular formula is C14H23ClN2O. The van der Waals surface area contributed by atoms with Crippen LogP contribution in [-0.4, -0.2) is 48.6 Å². The minimum absolute atomic E-state index is 0.213. The summed E-state index contributed by atoms with van der Waals surface area (Å²) in [5, 5.41) is 10.3. The van der Waals surface area contributed by atoms with Gasteiger partial charge in [0.2, 0.25) is 0 Å². The van der Waals surface area contributed by atoms with E-state index in [0.717, 1.165) is 38.2 Å². The first kappa shape index (κ1) is 15.3. The van der Waals surface area contributed by atoms with Gasteiger partial charge in [0.25, 0.3) is 0 Å². The van der Waals surface area contributed by atoms with Crippen molar-refractivity contribution in [3.05, 3.63) is 28.8 Å². The van der Waals surface area contributed by atoms with Gasteiger partial charge in [-0.3, -0.25) is 4.90 Å². The predicted octanol–water partition coefficient (Wildman–Crippen LogP) is 2.82. The summed E-state index contributed by atoms with van der Waals surface area (Å²) in [6.45, 7) is 5.96. The summed E-state index contributed by atoms with van der Waals surface area (Å²) in [6.07, 6.45) is 1.13. The van der Waals surface area contributed by atoms with Gasteiger partial charge in [-0.15, -0.1) is 0 Å². The molecule has 0 spiro atoms. The second-order valence-electron chi connectivity index (χ2n) is 4.77. The lowest BCUT2D eigenvalue weighted by atomic mass is 10.2. The largest absolute Gasteiger partial charge is 0.506 e. The number of phenols is 1. The zero-order chi connectivity index (χ0) is 13.5. The monoisotopic (exact) mass is 270 g/mol. The maximum Gasteiger partial charge on any atom is 0.138 e. The third kappa shape index (κ3) is 4.84. The maximum atomic E-state index is 9.89. The number of phenolic OH excluding ortho intramolecular Hbond substituents is 1. The number of nitrogens with zero attached hydrogens (tertiary/aromatic N) is 2. The van der Waals surface area contributed by atoms with Crippen molar-refractivity contribution in [2.24, 2.45) is 0 Å². The highest BCUT2D eigenvalue weighted by Gasteiger charge is 2.09. The third-order valence-corrected chi connectivity index (χ3v) is 3.30. The van der Waals surface area contributed by atoms with Gasteiger partial charge in [-0.05, 0) is 46.2 Å². The second kappa shape index (κ2) is 7.62. The Kier molecular flexibility index (Phi) is 6.47. The number of aromatic hydroxyl groups is 1. The number of benzene rings is 1. The molecule has 0 saturated carbocycles. The van der Waals surface area contributed by atoms with Gasteiger partial charge in [0.15, 0.2) is 0 Å². The minimum Gasteiger partial charge on any atom is -0.506 e. The Hall–Kier alpha value is -0.770. The Bertz CT molecular complexity index is 369. The van der Waals surface area contributed by atoms with Crippen molar-refractivity contribution in [2.75, 3.05) is 33.7 Å². The number of halogens is 1. The first-order chi connectivity index (χ1) is 8.54. The molecule has 0 atom stereocenters. The Morgan fingerprint density at radius 3 is 2.56 bits per heavy atom. The fraction of sp³-hybridized carbons (Fsp3) is 0.571. The van der Waals surface area contributed by atoms with Gasteiger partial charge in [-0.2, -0.15) is 0 Å². The highest BCUT2D eigenvalue weighted by atomic mass is 35.5. The highest BCUT2D eigenvalue weighted by Crippen LogP contribution is 2.27. The number of rotatable bonds is 7. The van der Waals surface area contributed by atoms with Crippen molar-refractivity contribution >= 4 is 11.6 Å². The van der Waals surface area contributed by atoms with Crippen LogP contribution in [0.1, 0.15) is 18.9 Å². The molecule has 1 rings (SSSR count). The molecule has 0 aliphatic carbocycles. The molecule has 0 unspecified atom stereocenters. The van der Waals surface area contributed by atoms with Gasteiger partial charge >= 0.3 is 0 Å². The average molecular weight is 271 g/mol. The molecule has 3 nitrogen and oxygen atoms in total. The van der Waals surface area contributed by atoms with Gasteiger partial charge in [0.05, 0.1) is 5.02 Å². The first-order valence-electron chi connectivity index (χ1n) is 6.38. The van der Waals surface area contributed by atoms with Crippen LogP contribution in [-0.2, 0) is 6.54 Å². The molecule has 1 aromatic rings. The third-order valence-electron chi connectivity index (χ3n) is 2.99. The molecule has 0 radical (unpaired) electrons. The molecule has 1 aromatic carbocycles. The van der Waals surface area contributed by atoms with Crippen LogP contribution in [0, 0.1) is 0 Å². The van der Waals surface area contributed by atoms with Crippen LogP contribution < -0.4 is 0 Å². The van der Waals surface area contributed by atoms with E-state index in [1.54, 1.807) is 6.07 Å². The van der Waals surface area contributed by atoms with Gasteiger partial charge in [-0.1, -0.05) is 30.7 Å². The van der Waals surface area contributed by atoms with E-state index in [0.29, 0.717) is 5.02 Å². The molecule has 1 N–H and O–H groups in total. The Labute approximate surface area is 115 Å². The lowest BCUT2D eigenvalue weighted by Gasteiger charge is -2.22. The minimum atomic E-state index is 0.213. The fourth-order valence-electron chi connectivity index (χ4n) is 1.89. The van der Waals surface area contributed by atoms with Crippen LogP contribution in [0.3, 0.4) is 0 Å². The van der Waals surface area contributed by atoms with Crippen molar-refractivity contribution in [1.29, 1.82) is 0 Å². The zero-order valence-corrected chi connectivity index (χ0v) is 12.2. The van der Waals surface area contributed by atoms with Crippen LogP contribution in [0.5, 0.6) is 5.75 Å². The molecule has 0 aromatic heterocycles. The summed E-state index contributed by atoms with van der Waals surface area (Å²) in [7, 11) is 4.16. The van der Waals surface area contributed by atoms with Crippen LogP contribution in [0.2, 0.25) is 5.02 Å². The van der Waals surface area contributed by atoms with Crippen LogP contribution in [0.15, 0.2) is 18.2 Å². The van der Waals surface area contributed by atoms with Crippen molar-refractivity contribution in [3.8, 4) is 5.75 Å². The molecule has 0 heterocycles. The van der Waals surface area contributed by atoms with E-state index < -0.39 is 0 Å². The van der Waals surface area contributed by atoms with Crippen molar-refractivity contribution < 1.29 is 5.11 Å². The molecule has 0 amide bonds. The van der Waals surface area contributed by atoms with Gasteiger partial charge in [0.1, 0.15) is 5.75 Å². The zero-order valence-electron chi connectivity index (χ0n) is 11.5. The van der Waals surface area contributed by atoms with Crippen LogP contribution >= 0.6 is 11.6 Å². The molecular weight excluding hydrogens is 248 g/mol. The molecule has 0 saturated heterocycles. The molecule has 102 valence electrons. The van der Waals surface area contributed by atoms with Crippen molar-refractivity contribution in [1.82, 2.24) is 9.80 Å². The normalized spacial score (nSPS) is 11.4. The smallest absolute Gasteiger partial charge is 0.138 e. The van der Waals surface area contributed by atoms with E-state index in [1.165, 1.54) is 0 Å². The fourth-order valence-corrected chi connectivity index (χ4v) is 2.08. The van der Waals surface area contributed by atoms with E-state index in [2.05, 4.69) is 30.8 Å². The second-order valence-corrected chi connectivity index (χ2v) is 5.18. The summed E-state index contributed by atoms with van der Waals surface area (Å²) in [5.74, 6) is 0.213. The molecule has 18 heavy (non-hydrogen) atoms. The van der Waals surface area contributed by atoms with E-state index in [4.69, 9.17) is 11.6 Å². The van der Waals surface area contributed by atoms with E-state index >= 15 is 0 Å². The SMILES string of the molecule is CCN(CCCN(C)C)Cc1cccc(Cl)c1O. The maximum absolute atomic E-state index is 9.89. The lowest BCUT2D eigenvalue weighted by Crippen LogP contribution is -2.26. The van der Waals surface area contributed by atoms with Gasteiger partial charge in [-0.25, -0.2) is 0 Å². The van der Waals surface area contributed by atoms with Gasteiger partial charge in [0, 0.05) is 12.1 Å². The first-order valence-corrected chi connectivity index (χ1v) is 6.75. The Morgan fingerprint density at radius 1 is 1.22 bits per heavy atom. The molecule has 0 aliphatic heterocycles. The van der Waals surface area contributed by atoms with Crippen molar-refractivity contribution in [3.63, 3.8) is 0 Å². The summed E-state index contributed by atoms with van der Waals surface area (Å²) >= 11 is 5.91. The molecule has 4 heteroatoms. The summed E-state index contributed by atoms with van der Waals surface area (Å²) in [4.78, 5) is 4.50. The standard InChI is InChI=1S/C14H23ClN2O/c1-4-17(10-6-9-16(2)3)11-12-7-5-8-13(15)14(12)18/h5,7-8,18H,4,6,9-11H2,1-3H3. The number of hydrogen-bond donors (Lipinski definition) is 1. The van der Waals surface area contributed by atoms with Crippen LogP contribution in [0.25, 0.3) is 0 Å². The van der Waals surface area contributed by atoms with E-state index in [-0.39, 0.29) is 5.75 Å². The molecule has 0 bridgehead atoms. The topological polar surface area (TPSA) is 26.7 Å². The van der Waals surface area contributed by atoms with E-state index in [9.17, 15) is 5.11 Å². The Morgan fingerprint density at radius 2 is 1.94 bits per heavy atom. The highest BCUT2D eigenvalue weighted by molar-refractivity contribution is 6.32. The van der Waals surface area contributed by atoms with Crippen LogP contribution in [0.4, 0.5) is 0 Å². The summed E-state index contributed by atoms with van der Waals surface area (Å²) < 4.78 is 0. The average Bonchev–Trinajstić information content (AvgIpc) is 2.33. The van der Waals surface area contributed by atoms with Crippen molar-refractivity contribution in [2.45, 2.75) is 19.9 Å². The van der Waals surface area contributed by atoms with Gasteiger partial charge < -0.3 is 10.0 Å². The number of para-hydroxylation sites is 1. The summed E-state index contributed by atoms with van der Waals surface area (Å²) in [6, 6.07) is 5.52. The predicted molar refractivity (Wildman–Crippen MR) is 77.2 cm³/mol.